The van der Waals surface area contributed by atoms with Crippen LogP contribution in [0.25, 0.3) is 11.3 Å². The number of aryl methyl sites for hydroxylation is 2. The molecule has 0 saturated carbocycles. The van der Waals surface area contributed by atoms with Crippen LogP contribution in [0.1, 0.15) is 30.5 Å². The first kappa shape index (κ1) is 25.2. The van der Waals surface area contributed by atoms with E-state index >= 15 is 0 Å². The van der Waals surface area contributed by atoms with E-state index in [2.05, 4.69) is 39.3 Å². The minimum Gasteiger partial charge on any atom is -0.388 e. The van der Waals surface area contributed by atoms with E-state index in [1.54, 1.807) is 14.2 Å². The summed E-state index contributed by atoms with van der Waals surface area (Å²) in [5.74, 6) is 0.604. The third-order valence-corrected chi connectivity index (χ3v) is 4.73. The number of methoxy groups -OCH3 is 1. The molecule has 0 spiro atoms. The molecule has 0 fully saturated rings. The van der Waals surface area contributed by atoms with E-state index in [1.807, 2.05) is 44.3 Å². The Balaban J connectivity index is 0.000000671. The van der Waals surface area contributed by atoms with E-state index < -0.39 is 0 Å². The minimum absolute atomic E-state index is 0.151. The van der Waals surface area contributed by atoms with Gasteiger partial charge in [-0.3, -0.25) is 0 Å². The van der Waals surface area contributed by atoms with Crippen molar-refractivity contribution >= 4 is 17.9 Å². The van der Waals surface area contributed by atoms with Crippen molar-refractivity contribution in [3.05, 3.63) is 71.4 Å². The predicted octanol–water partition coefficient (Wildman–Crippen LogP) is 5.03. The van der Waals surface area contributed by atoms with E-state index in [0.29, 0.717) is 12.6 Å². The number of fused-ring (bicyclic) bond motifs is 3. The van der Waals surface area contributed by atoms with Gasteiger partial charge in [0.1, 0.15) is 12.9 Å². The summed E-state index contributed by atoms with van der Waals surface area (Å²) in [5.41, 5.74) is 6.87. The zero-order chi connectivity index (χ0) is 23.2. The molecule has 32 heavy (non-hydrogen) atoms. The molecule has 2 aromatic carbocycles. The van der Waals surface area contributed by atoms with Crippen molar-refractivity contribution in [3.8, 4) is 11.3 Å². The molecule has 0 aliphatic heterocycles. The highest BCUT2D eigenvalue weighted by molar-refractivity contribution is 5.70. The lowest BCUT2D eigenvalue weighted by Gasteiger charge is -2.19. The number of aldehydes is 1. The second kappa shape index (κ2) is 14.1. The second-order valence-electron chi connectivity index (χ2n) is 6.95. The molecular formula is C26H33N3O3. The molecule has 0 atom stereocenters. The van der Waals surface area contributed by atoms with Crippen molar-refractivity contribution in [2.24, 2.45) is 0 Å². The Labute approximate surface area is 191 Å². The fraction of sp³-hybridized carbons (Fsp3) is 0.346. The zero-order valence-electron chi connectivity index (χ0n) is 19.4. The van der Waals surface area contributed by atoms with Gasteiger partial charge in [-0.15, -0.1) is 0 Å². The van der Waals surface area contributed by atoms with E-state index in [9.17, 15) is 4.79 Å². The van der Waals surface area contributed by atoms with Crippen LogP contribution in [0, 0.1) is 0 Å². The first-order valence-corrected chi connectivity index (χ1v) is 11.0. The number of aromatic nitrogens is 2. The number of benzene rings is 2. The molecule has 1 aliphatic carbocycles. The molecule has 6 nitrogen and oxygen atoms in total. The summed E-state index contributed by atoms with van der Waals surface area (Å²) >= 11 is 0. The van der Waals surface area contributed by atoms with Gasteiger partial charge >= 0.3 is 0 Å². The number of anilines is 2. The SMILES string of the molecule is CC.COC.O=CCOCCc1ccc(Nc2ncc3c(n2)-c2ccccc2CC3)cc1. The third-order valence-electron chi connectivity index (χ3n) is 4.73. The van der Waals surface area contributed by atoms with Gasteiger partial charge in [-0.25, -0.2) is 9.97 Å². The molecule has 0 unspecified atom stereocenters. The van der Waals surface area contributed by atoms with Gasteiger partial charge in [0.05, 0.1) is 12.3 Å². The number of carbonyl (C=O) groups is 1. The maximum atomic E-state index is 10.2. The van der Waals surface area contributed by atoms with Crippen LogP contribution < -0.4 is 5.32 Å². The molecule has 0 bridgehead atoms. The molecule has 1 aromatic heterocycles. The average molecular weight is 436 g/mol. The standard InChI is InChI=1S/C22H21N3O2.C2H6O.C2H6/c26-12-14-27-13-11-16-5-9-19(10-6-16)24-22-23-15-18-8-7-17-3-1-2-4-20(17)21(18)25-22;1-3-2;1-2/h1-6,9-10,12,15H,7-8,11,13-14H2,(H,23,24,25);1-2H3;1-2H3. The van der Waals surface area contributed by atoms with Gasteiger partial charge in [-0.1, -0.05) is 50.2 Å². The molecule has 0 saturated heterocycles. The van der Waals surface area contributed by atoms with Crippen molar-refractivity contribution in [1.82, 2.24) is 9.97 Å². The van der Waals surface area contributed by atoms with Crippen LogP contribution in [0.3, 0.4) is 0 Å². The van der Waals surface area contributed by atoms with Crippen molar-refractivity contribution in [2.75, 3.05) is 32.8 Å². The Bertz CT molecular complexity index is 959. The number of ether oxygens (including phenoxy) is 2. The molecule has 1 N–H and O–H groups in total. The predicted molar refractivity (Wildman–Crippen MR) is 129 cm³/mol. The van der Waals surface area contributed by atoms with Crippen LogP contribution in [0.4, 0.5) is 11.6 Å². The highest BCUT2D eigenvalue weighted by Gasteiger charge is 2.18. The van der Waals surface area contributed by atoms with Crippen LogP contribution >= 0.6 is 0 Å². The summed E-state index contributed by atoms with van der Waals surface area (Å²) in [5, 5.41) is 3.29. The lowest BCUT2D eigenvalue weighted by molar-refractivity contribution is -0.111. The fourth-order valence-corrected chi connectivity index (χ4v) is 3.33. The highest BCUT2D eigenvalue weighted by atomic mass is 16.5. The quantitative estimate of drug-likeness (QED) is 0.414. The lowest BCUT2D eigenvalue weighted by Crippen LogP contribution is -2.08. The lowest BCUT2D eigenvalue weighted by atomic mass is 9.90. The highest BCUT2D eigenvalue weighted by Crippen LogP contribution is 2.32. The Kier molecular flexibility index (Phi) is 11.1. The van der Waals surface area contributed by atoms with Gasteiger partial charge in [0.15, 0.2) is 0 Å². The van der Waals surface area contributed by atoms with Crippen molar-refractivity contribution < 1.29 is 14.3 Å². The molecule has 1 heterocycles. The largest absolute Gasteiger partial charge is 0.388 e. The summed E-state index contributed by atoms with van der Waals surface area (Å²) in [4.78, 5) is 19.5. The third kappa shape index (κ3) is 7.25. The maximum Gasteiger partial charge on any atom is 0.227 e. The Morgan fingerprint density at radius 3 is 2.41 bits per heavy atom. The second-order valence-corrected chi connectivity index (χ2v) is 6.95. The molecular weight excluding hydrogens is 402 g/mol. The maximum absolute atomic E-state index is 10.2. The van der Waals surface area contributed by atoms with Crippen LogP contribution in [-0.4, -0.2) is 43.7 Å². The first-order valence-electron chi connectivity index (χ1n) is 11.0. The first-order chi connectivity index (χ1) is 15.7. The number of nitrogens with one attached hydrogen (secondary N) is 1. The molecule has 4 rings (SSSR count). The van der Waals surface area contributed by atoms with Crippen molar-refractivity contribution in [3.63, 3.8) is 0 Å². The van der Waals surface area contributed by atoms with Crippen LogP contribution in [-0.2, 0) is 33.5 Å². The monoisotopic (exact) mass is 435 g/mol. The Morgan fingerprint density at radius 1 is 1.00 bits per heavy atom. The minimum atomic E-state index is 0.151. The summed E-state index contributed by atoms with van der Waals surface area (Å²) in [7, 11) is 3.25. The topological polar surface area (TPSA) is 73.3 Å². The van der Waals surface area contributed by atoms with E-state index in [-0.39, 0.29) is 6.61 Å². The zero-order valence-corrected chi connectivity index (χ0v) is 19.4. The van der Waals surface area contributed by atoms with Crippen molar-refractivity contribution in [2.45, 2.75) is 33.1 Å². The normalized spacial score (nSPS) is 11.0. The molecule has 0 radical (unpaired) electrons. The molecule has 6 heteroatoms. The van der Waals surface area contributed by atoms with Crippen molar-refractivity contribution in [1.29, 1.82) is 0 Å². The fourth-order valence-electron chi connectivity index (χ4n) is 3.33. The van der Waals surface area contributed by atoms with Gasteiger partial charge < -0.3 is 19.6 Å². The van der Waals surface area contributed by atoms with E-state index in [1.165, 1.54) is 16.7 Å². The van der Waals surface area contributed by atoms with Gasteiger partial charge in [-0.05, 0) is 48.1 Å². The van der Waals surface area contributed by atoms with Gasteiger partial charge in [0, 0.05) is 31.7 Å². The van der Waals surface area contributed by atoms with Crippen LogP contribution in [0.5, 0.6) is 0 Å². The number of hydrogen-bond donors (Lipinski definition) is 1. The Hall–Kier alpha value is -3.09. The molecule has 170 valence electrons. The van der Waals surface area contributed by atoms with Gasteiger partial charge in [0.25, 0.3) is 0 Å². The van der Waals surface area contributed by atoms with Gasteiger partial charge in [-0.2, -0.15) is 0 Å². The summed E-state index contributed by atoms with van der Waals surface area (Å²) in [6, 6.07) is 16.5. The molecule has 0 amide bonds. The Morgan fingerprint density at radius 2 is 1.69 bits per heavy atom. The van der Waals surface area contributed by atoms with E-state index in [4.69, 9.17) is 9.72 Å². The van der Waals surface area contributed by atoms with Crippen LogP contribution in [0.15, 0.2) is 54.7 Å². The van der Waals surface area contributed by atoms with Gasteiger partial charge in [0.2, 0.25) is 5.95 Å². The number of nitrogens with zero attached hydrogens (tertiary/aromatic N) is 2. The smallest absolute Gasteiger partial charge is 0.227 e. The summed E-state index contributed by atoms with van der Waals surface area (Å²) in [6.07, 6.45) is 5.49. The van der Waals surface area contributed by atoms with Crippen LogP contribution in [0.2, 0.25) is 0 Å². The molecule has 3 aromatic rings. The molecule has 1 aliphatic rings. The number of rotatable bonds is 7. The number of carbonyl (C=O) groups excluding carboxylic acids is 1. The summed E-state index contributed by atoms with van der Waals surface area (Å²) < 4.78 is 9.44. The average Bonchev–Trinajstić information content (AvgIpc) is 2.84. The summed E-state index contributed by atoms with van der Waals surface area (Å²) in [6.45, 7) is 4.69. The van der Waals surface area contributed by atoms with E-state index in [0.717, 1.165) is 42.5 Å². The number of hydrogen-bond acceptors (Lipinski definition) is 6.